The minimum absolute atomic E-state index is 0.0269. The maximum absolute atomic E-state index is 10.9. The molecule has 100 valence electrons. The molecule has 2 rings (SSSR count). The Kier molecular flexibility index (Phi) is 3.90. The van der Waals surface area contributed by atoms with Crippen molar-refractivity contribution < 1.29 is 19.1 Å². The molecule has 0 atom stereocenters. The molecule has 2 aromatic rings. The Bertz CT molecular complexity index is 584. The number of aryl methyl sites for hydroxylation is 2. The number of ether oxygens (including phenoxy) is 1. The predicted molar refractivity (Wildman–Crippen MR) is 70.6 cm³/mol. The first-order chi connectivity index (χ1) is 9.10. The van der Waals surface area contributed by atoms with Crippen LogP contribution in [0.25, 0.3) is 0 Å². The average Bonchev–Trinajstić information content (AvgIpc) is 2.78. The van der Waals surface area contributed by atoms with Crippen molar-refractivity contribution in [2.45, 2.75) is 26.9 Å². The largest absolute Gasteiger partial charge is 0.486 e. The van der Waals surface area contributed by atoms with Crippen molar-refractivity contribution in [3.8, 4) is 5.75 Å². The Balaban J connectivity index is 2.06. The number of benzene rings is 1. The van der Waals surface area contributed by atoms with Crippen LogP contribution in [0.1, 0.15) is 34.4 Å². The maximum Gasteiger partial charge on any atom is 0.372 e. The quantitative estimate of drug-likeness (QED) is 0.894. The summed E-state index contributed by atoms with van der Waals surface area (Å²) in [5.41, 5.74) is 1.80. The van der Waals surface area contributed by atoms with E-state index in [0.717, 1.165) is 12.2 Å². The minimum Gasteiger partial charge on any atom is -0.486 e. The molecule has 1 heterocycles. The summed E-state index contributed by atoms with van der Waals surface area (Å²) in [6, 6.07) is 9.49. The Labute approximate surface area is 111 Å². The second-order valence-electron chi connectivity index (χ2n) is 4.32. The normalized spacial score (nSPS) is 10.4. The van der Waals surface area contributed by atoms with E-state index in [1.165, 1.54) is 5.56 Å². The van der Waals surface area contributed by atoms with Gasteiger partial charge in [0.2, 0.25) is 5.76 Å². The van der Waals surface area contributed by atoms with Crippen LogP contribution in [0.3, 0.4) is 0 Å². The number of carbonyl (C=O) groups is 1. The topological polar surface area (TPSA) is 59.7 Å². The van der Waals surface area contributed by atoms with E-state index in [0.29, 0.717) is 11.3 Å². The lowest BCUT2D eigenvalue weighted by Crippen LogP contribution is -1.96. The summed E-state index contributed by atoms with van der Waals surface area (Å²) >= 11 is 0. The van der Waals surface area contributed by atoms with Crippen LogP contribution in [-0.4, -0.2) is 11.1 Å². The third-order valence-electron chi connectivity index (χ3n) is 2.85. The van der Waals surface area contributed by atoms with Gasteiger partial charge < -0.3 is 14.3 Å². The molecule has 0 spiro atoms. The van der Waals surface area contributed by atoms with Gasteiger partial charge in [0.1, 0.15) is 18.1 Å². The molecule has 0 unspecified atom stereocenters. The molecule has 0 saturated carbocycles. The fourth-order valence-electron chi connectivity index (χ4n) is 1.84. The van der Waals surface area contributed by atoms with Gasteiger partial charge in [0, 0.05) is 5.56 Å². The standard InChI is InChI=1S/C15H16O4/c1-3-11-5-4-6-12(8-11)18-9-13-7-10(2)14(19-13)15(16)17/h4-8H,3,9H2,1-2H3,(H,16,17). The molecule has 0 radical (unpaired) electrons. The Hall–Kier alpha value is -2.23. The number of hydrogen-bond acceptors (Lipinski definition) is 3. The van der Waals surface area contributed by atoms with E-state index in [4.69, 9.17) is 14.3 Å². The molecule has 1 aromatic heterocycles. The van der Waals surface area contributed by atoms with E-state index in [-0.39, 0.29) is 12.4 Å². The summed E-state index contributed by atoms with van der Waals surface area (Å²) in [7, 11) is 0. The molecule has 0 amide bonds. The molecule has 4 nitrogen and oxygen atoms in total. The van der Waals surface area contributed by atoms with Crippen LogP contribution in [-0.2, 0) is 13.0 Å². The van der Waals surface area contributed by atoms with Crippen LogP contribution < -0.4 is 4.74 Å². The summed E-state index contributed by atoms with van der Waals surface area (Å²) in [4.78, 5) is 10.9. The van der Waals surface area contributed by atoms with Gasteiger partial charge in [0.25, 0.3) is 0 Å². The Morgan fingerprint density at radius 2 is 2.16 bits per heavy atom. The van der Waals surface area contributed by atoms with Crippen molar-refractivity contribution in [1.82, 2.24) is 0 Å². The maximum atomic E-state index is 10.9. The highest BCUT2D eigenvalue weighted by molar-refractivity contribution is 5.86. The smallest absolute Gasteiger partial charge is 0.372 e. The summed E-state index contributed by atoms with van der Waals surface area (Å²) in [6.45, 7) is 4.00. The van der Waals surface area contributed by atoms with E-state index in [1.54, 1.807) is 13.0 Å². The predicted octanol–water partition coefficient (Wildman–Crippen LogP) is 3.43. The first-order valence-corrected chi connectivity index (χ1v) is 6.14. The molecule has 4 heteroatoms. The SMILES string of the molecule is CCc1cccc(OCc2cc(C)c(C(=O)O)o2)c1. The van der Waals surface area contributed by atoms with Crippen molar-refractivity contribution in [3.05, 3.63) is 53.0 Å². The van der Waals surface area contributed by atoms with Gasteiger partial charge in [-0.2, -0.15) is 0 Å². The number of carboxylic acid groups (broad SMARTS) is 1. The fourth-order valence-corrected chi connectivity index (χ4v) is 1.84. The van der Waals surface area contributed by atoms with Crippen molar-refractivity contribution in [3.63, 3.8) is 0 Å². The van der Waals surface area contributed by atoms with Crippen LogP contribution in [0, 0.1) is 6.92 Å². The van der Waals surface area contributed by atoms with E-state index in [9.17, 15) is 4.79 Å². The van der Waals surface area contributed by atoms with Gasteiger partial charge in [-0.25, -0.2) is 4.79 Å². The second kappa shape index (κ2) is 5.61. The van der Waals surface area contributed by atoms with E-state index >= 15 is 0 Å². The van der Waals surface area contributed by atoms with Gasteiger partial charge in [0.15, 0.2) is 0 Å². The number of rotatable bonds is 5. The fraction of sp³-hybridized carbons (Fsp3) is 0.267. The van der Waals surface area contributed by atoms with Crippen molar-refractivity contribution in [2.24, 2.45) is 0 Å². The summed E-state index contributed by atoms with van der Waals surface area (Å²) in [5.74, 6) is 0.180. The number of aromatic carboxylic acids is 1. The molecular formula is C15H16O4. The third-order valence-corrected chi connectivity index (χ3v) is 2.85. The van der Waals surface area contributed by atoms with Gasteiger partial charge in [-0.1, -0.05) is 19.1 Å². The second-order valence-corrected chi connectivity index (χ2v) is 4.32. The highest BCUT2D eigenvalue weighted by Gasteiger charge is 2.14. The average molecular weight is 260 g/mol. The van der Waals surface area contributed by atoms with E-state index in [2.05, 4.69) is 6.92 Å². The van der Waals surface area contributed by atoms with Crippen molar-refractivity contribution in [1.29, 1.82) is 0 Å². The molecule has 1 N–H and O–H groups in total. The highest BCUT2D eigenvalue weighted by atomic mass is 16.5. The van der Waals surface area contributed by atoms with E-state index in [1.807, 2.05) is 24.3 Å². The molecule has 0 saturated heterocycles. The molecule has 0 aliphatic rings. The summed E-state index contributed by atoms with van der Waals surface area (Å²) in [5, 5.41) is 8.90. The Morgan fingerprint density at radius 3 is 2.79 bits per heavy atom. The van der Waals surface area contributed by atoms with Crippen molar-refractivity contribution >= 4 is 5.97 Å². The molecular weight excluding hydrogens is 244 g/mol. The third kappa shape index (κ3) is 3.16. The molecule has 0 bridgehead atoms. The van der Waals surface area contributed by atoms with Gasteiger partial charge in [-0.15, -0.1) is 0 Å². The minimum atomic E-state index is -1.06. The van der Waals surface area contributed by atoms with Crippen LogP contribution >= 0.6 is 0 Å². The van der Waals surface area contributed by atoms with Gasteiger partial charge >= 0.3 is 5.97 Å². The Morgan fingerprint density at radius 1 is 1.37 bits per heavy atom. The summed E-state index contributed by atoms with van der Waals surface area (Å²) < 4.78 is 10.8. The summed E-state index contributed by atoms with van der Waals surface area (Å²) in [6.07, 6.45) is 0.945. The van der Waals surface area contributed by atoms with Gasteiger partial charge in [-0.05, 0) is 37.1 Å². The van der Waals surface area contributed by atoms with Gasteiger partial charge in [0.05, 0.1) is 0 Å². The number of carboxylic acids is 1. The first-order valence-electron chi connectivity index (χ1n) is 6.14. The lowest BCUT2D eigenvalue weighted by molar-refractivity contribution is 0.0657. The molecule has 19 heavy (non-hydrogen) atoms. The van der Waals surface area contributed by atoms with Gasteiger partial charge in [-0.3, -0.25) is 0 Å². The lowest BCUT2D eigenvalue weighted by atomic mass is 10.2. The zero-order chi connectivity index (χ0) is 13.8. The first kappa shape index (κ1) is 13.2. The van der Waals surface area contributed by atoms with Crippen LogP contribution in [0.2, 0.25) is 0 Å². The number of furan rings is 1. The van der Waals surface area contributed by atoms with Crippen molar-refractivity contribution in [2.75, 3.05) is 0 Å². The lowest BCUT2D eigenvalue weighted by Gasteiger charge is -2.05. The zero-order valence-electron chi connectivity index (χ0n) is 11.0. The monoisotopic (exact) mass is 260 g/mol. The molecule has 1 aromatic carbocycles. The number of hydrogen-bond donors (Lipinski definition) is 1. The molecule has 0 fully saturated rings. The van der Waals surface area contributed by atoms with Crippen LogP contribution in [0.4, 0.5) is 0 Å². The van der Waals surface area contributed by atoms with Crippen LogP contribution in [0.15, 0.2) is 34.7 Å². The molecule has 0 aliphatic heterocycles. The van der Waals surface area contributed by atoms with Crippen LogP contribution in [0.5, 0.6) is 5.75 Å². The van der Waals surface area contributed by atoms with E-state index < -0.39 is 5.97 Å². The zero-order valence-corrected chi connectivity index (χ0v) is 11.0. The molecule has 0 aliphatic carbocycles. The highest BCUT2D eigenvalue weighted by Crippen LogP contribution is 2.19.